The van der Waals surface area contributed by atoms with Crippen LogP contribution in [0.5, 0.6) is 11.5 Å². The van der Waals surface area contributed by atoms with Crippen LogP contribution in [0.4, 0.5) is 0 Å². The molecule has 0 bridgehead atoms. The van der Waals surface area contributed by atoms with Gasteiger partial charge in [-0.1, -0.05) is 12.1 Å². The van der Waals surface area contributed by atoms with Gasteiger partial charge in [-0.25, -0.2) is 0 Å². The largest absolute Gasteiger partial charge is 0.504 e. The van der Waals surface area contributed by atoms with E-state index in [-0.39, 0.29) is 11.9 Å². The van der Waals surface area contributed by atoms with Crippen LogP contribution < -0.4 is 4.74 Å². The first-order valence-electron chi connectivity index (χ1n) is 3.75. The summed E-state index contributed by atoms with van der Waals surface area (Å²) < 4.78 is 5.39. The van der Waals surface area contributed by atoms with Crippen LogP contribution in [0.15, 0.2) is 18.2 Å². The molecule has 1 atom stereocenters. The first-order valence-corrected chi connectivity index (χ1v) is 3.75. The number of phenolic OH excluding ortho intramolecular Hbond substituents is 1. The van der Waals surface area contributed by atoms with E-state index in [2.05, 4.69) is 0 Å². The molecule has 11 heavy (non-hydrogen) atoms. The van der Waals surface area contributed by atoms with Gasteiger partial charge in [0.1, 0.15) is 6.10 Å². The molecule has 0 fully saturated rings. The number of rotatable bonds is 0. The van der Waals surface area contributed by atoms with Gasteiger partial charge in [0.2, 0.25) is 0 Å². The standard InChI is InChI=1S/C9H10O2/c1-6-5-7-3-2-4-8(10)9(7)11-6/h2-4,6,10H,5H2,1H3. The minimum Gasteiger partial charge on any atom is -0.504 e. The molecule has 0 saturated heterocycles. The Morgan fingerprint density at radius 1 is 1.55 bits per heavy atom. The highest BCUT2D eigenvalue weighted by Gasteiger charge is 2.20. The van der Waals surface area contributed by atoms with E-state index in [9.17, 15) is 5.11 Å². The summed E-state index contributed by atoms with van der Waals surface area (Å²) >= 11 is 0. The number of hydrogen-bond donors (Lipinski definition) is 1. The van der Waals surface area contributed by atoms with E-state index in [0.717, 1.165) is 12.0 Å². The lowest BCUT2D eigenvalue weighted by Crippen LogP contribution is -2.05. The molecule has 58 valence electrons. The van der Waals surface area contributed by atoms with Crippen LogP contribution in [0, 0.1) is 0 Å². The monoisotopic (exact) mass is 150 g/mol. The van der Waals surface area contributed by atoms with Gasteiger partial charge in [0.15, 0.2) is 11.5 Å². The molecule has 0 spiro atoms. The number of phenols is 1. The molecule has 0 aliphatic carbocycles. The molecular weight excluding hydrogens is 140 g/mol. The van der Waals surface area contributed by atoms with Gasteiger partial charge < -0.3 is 9.84 Å². The lowest BCUT2D eigenvalue weighted by atomic mass is 10.1. The van der Waals surface area contributed by atoms with Crippen molar-refractivity contribution < 1.29 is 9.84 Å². The second kappa shape index (κ2) is 2.16. The van der Waals surface area contributed by atoms with Crippen LogP contribution in [0.3, 0.4) is 0 Å². The number of para-hydroxylation sites is 1. The van der Waals surface area contributed by atoms with Crippen molar-refractivity contribution >= 4 is 0 Å². The fraction of sp³-hybridized carbons (Fsp3) is 0.333. The molecule has 1 aromatic rings. The predicted octanol–water partition coefficient (Wildman–Crippen LogP) is 1.72. The number of benzene rings is 1. The molecule has 1 aliphatic rings. The van der Waals surface area contributed by atoms with Crippen molar-refractivity contribution in [3.63, 3.8) is 0 Å². The molecule has 0 radical (unpaired) electrons. The van der Waals surface area contributed by atoms with Gasteiger partial charge in [-0.15, -0.1) is 0 Å². The Labute approximate surface area is 65.4 Å². The third kappa shape index (κ3) is 0.946. The molecule has 1 unspecified atom stereocenters. The van der Waals surface area contributed by atoms with Crippen molar-refractivity contribution in [3.05, 3.63) is 23.8 Å². The van der Waals surface area contributed by atoms with Gasteiger partial charge in [-0.05, 0) is 13.0 Å². The summed E-state index contributed by atoms with van der Waals surface area (Å²) in [5, 5.41) is 9.32. The summed E-state index contributed by atoms with van der Waals surface area (Å²) in [6, 6.07) is 5.48. The van der Waals surface area contributed by atoms with Crippen molar-refractivity contribution in [3.8, 4) is 11.5 Å². The summed E-state index contributed by atoms with van der Waals surface area (Å²) in [4.78, 5) is 0. The Hall–Kier alpha value is -1.18. The summed E-state index contributed by atoms with van der Waals surface area (Å²) in [6.07, 6.45) is 1.11. The maximum atomic E-state index is 9.32. The Morgan fingerprint density at radius 3 is 3.09 bits per heavy atom. The molecular formula is C9H10O2. The third-order valence-corrected chi connectivity index (χ3v) is 1.90. The highest BCUT2D eigenvalue weighted by Crippen LogP contribution is 2.36. The van der Waals surface area contributed by atoms with E-state index >= 15 is 0 Å². The van der Waals surface area contributed by atoms with Gasteiger partial charge in [0.05, 0.1) is 0 Å². The average molecular weight is 150 g/mol. The molecule has 0 saturated carbocycles. The molecule has 1 aromatic carbocycles. The van der Waals surface area contributed by atoms with Crippen LogP contribution in [-0.4, -0.2) is 11.2 Å². The molecule has 2 heteroatoms. The number of fused-ring (bicyclic) bond motifs is 1. The van der Waals surface area contributed by atoms with E-state index in [1.165, 1.54) is 0 Å². The normalized spacial score (nSPS) is 21.0. The fourth-order valence-corrected chi connectivity index (χ4v) is 1.42. The molecule has 0 amide bonds. The van der Waals surface area contributed by atoms with Crippen LogP contribution in [0.1, 0.15) is 12.5 Å². The quantitative estimate of drug-likeness (QED) is 0.610. The van der Waals surface area contributed by atoms with Gasteiger partial charge in [-0.2, -0.15) is 0 Å². The Kier molecular flexibility index (Phi) is 1.28. The maximum absolute atomic E-state index is 9.32. The van der Waals surface area contributed by atoms with E-state index in [4.69, 9.17) is 4.74 Å². The minimum absolute atomic E-state index is 0.207. The predicted molar refractivity (Wildman–Crippen MR) is 41.9 cm³/mol. The zero-order valence-electron chi connectivity index (χ0n) is 6.37. The van der Waals surface area contributed by atoms with Crippen LogP contribution >= 0.6 is 0 Å². The smallest absolute Gasteiger partial charge is 0.164 e. The Bertz CT molecular complexity index is 281. The van der Waals surface area contributed by atoms with Crippen LogP contribution in [-0.2, 0) is 6.42 Å². The third-order valence-electron chi connectivity index (χ3n) is 1.90. The fourth-order valence-electron chi connectivity index (χ4n) is 1.42. The van der Waals surface area contributed by atoms with Crippen molar-refractivity contribution in [1.82, 2.24) is 0 Å². The van der Waals surface area contributed by atoms with Crippen LogP contribution in [0.2, 0.25) is 0 Å². The zero-order chi connectivity index (χ0) is 7.84. The van der Waals surface area contributed by atoms with Crippen molar-refractivity contribution in [2.45, 2.75) is 19.4 Å². The maximum Gasteiger partial charge on any atom is 0.164 e. The average Bonchev–Trinajstić information content (AvgIpc) is 2.31. The number of hydrogen-bond acceptors (Lipinski definition) is 2. The Morgan fingerprint density at radius 2 is 2.36 bits per heavy atom. The second-order valence-corrected chi connectivity index (χ2v) is 2.90. The topological polar surface area (TPSA) is 29.5 Å². The Balaban J connectivity index is 2.49. The van der Waals surface area contributed by atoms with Gasteiger partial charge in [0.25, 0.3) is 0 Å². The van der Waals surface area contributed by atoms with Crippen molar-refractivity contribution in [2.24, 2.45) is 0 Å². The van der Waals surface area contributed by atoms with Gasteiger partial charge in [-0.3, -0.25) is 0 Å². The molecule has 1 aliphatic heterocycles. The summed E-state index contributed by atoms with van der Waals surface area (Å²) in [5.74, 6) is 0.923. The number of ether oxygens (including phenoxy) is 1. The summed E-state index contributed by atoms with van der Waals surface area (Å²) in [7, 11) is 0. The van der Waals surface area contributed by atoms with Crippen molar-refractivity contribution in [1.29, 1.82) is 0 Å². The van der Waals surface area contributed by atoms with Gasteiger partial charge >= 0.3 is 0 Å². The highest BCUT2D eigenvalue weighted by molar-refractivity contribution is 5.48. The summed E-state index contributed by atoms with van der Waals surface area (Å²) in [5.41, 5.74) is 1.11. The lowest BCUT2D eigenvalue weighted by molar-refractivity contribution is 0.245. The second-order valence-electron chi connectivity index (χ2n) is 2.90. The van der Waals surface area contributed by atoms with E-state index in [1.807, 2.05) is 19.1 Å². The van der Waals surface area contributed by atoms with Gasteiger partial charge in [0, 0.05) is 12.0 Å². The highest BCUT2D eigenvalue weighted by atomic mass is 16.5. The number of aromatic hydroxyl groups is 1. The van der Waals surface area contributed by atoms with E-state index in [1.54, 1.807) is 6.07 Å². The summed E-state index contributed by atoms with van der Waals surface area (Å²) in [6.45, 7) is 2.00. The molecule has 1 heterocycles. The first kappa shape index (κ1) is 6.53. The van der Waals surface area contributed by atoms with Crippen LogP contribution in [0.25, 0.3) is 0 Å². The van der Waals surface area contributed by atoms with E-state index in [0.29, 0.717) is 5.75 Å². The molecule has 0 aromatic heterocycles. The first-order chi connectivity index (χ1) is 5.27. The van der Waals surface area contributed by atoms with Crippen molar-refractivity contribution in [2.75, 3.05) is 0 Å². The zero-order valence-corrected chi connectivity index (χ0v) is 6.37. The molecule has 2 nitrogen and oxygen atoms in total. The molecule has 2 rings (SSSR count). The lowest BCUT2D eigenvalue weighted by Gasteiger charge is -2.03. The minimum atomic E-state index is 0.207. The molecule has 1 N–H and O–H groups in total. The van der Waals surface area contributed by atoms with E-state index < -0.39 is 0 Å². The SMILES string of the molecule is CC1Cc2cccc(O)c2O1.